The van der Waals surface area contributed by atoms with E-state index in [4.69, 9.17) is 9.47 Å². The molecule has 0 spiro atoms. The van der Waals surface area contributed by atoms with Crippen LogP contribution < -0.4 is 0 Å². The number of aromatic nitrogens is 1. The maximum atomic E-state index is 13.0. The molecule has 0 aliphatic carbocycles. The number of ether oxygens (including phenoxy) is 2. The van der Waals surface area contributed by atoms with Crippen molar-refractivity contribution < 1.29 is 23.9 Å². The molecule has 0 saturated carbocycles. The third kappa shape index (κ3) is 4.85. The molecule has 156 valence electrons. The van der Waals surface area contributed by atoms with Crippen LogP contribution in [-0.4, -0.2) is 47.4 Å². The molecule has 0 bridgehead atoms. The Morgan fingerprint density at radius 3 is 2.17 bits per heavy atom. The third-order valence-electron chi connectivity index (χ3n) is 4.75. The van der Waals surface area contributed by atoms with Gasteiger partial charge in [-0.1, -0.05) is 30.3 Å². The first-order valence-electron chi connectivity index (χ1n) is 9.76. The van der Waals surface area contributed by atoms with Crippen LogP contribution in [0.5, 0.6) is 0 Å². The van der Waals surface area contributed by atoms with E-state index in [9.17, 15) is 14.4 Å². The minimum absolute atomic E-state index is 0.211. The van der Waals surface area contributed by atoms with E-state index in [-0.39, 0.29) is 23.8 Å². The summed E-state index contributed by atoms with van der Waals surface area (Å²) < 4.78 is 10.7. The molecule has 29 heavy (non-hydrogen) atoms. The minimum Gasteiger partial charge on any atom is -0.461 e. The van der Waals surface area contributed by atoms with Crippen LogP contribution in [0.1, 0.15) is 64.5 Å². The average Bonchev–Trinajstić information content (AvgIpc) is 3.02. The molecule has 7 heteroatoms. The van der Waals surface area contributed by atoms with Gasteiger partial charge in [0.2, 0.25) is 6.10 Å². The summed E-state index contributed by atoms with van der Waals surface area (Å²) in [5, 5.41) is 0. The molecule has 1 N–H and O–H groups in total. The zero-order chi connectivity index (χ0) is 21.6. The molecule has 1 amide bonds. The van der Waals surface area contributed by atoms with Crippen molar-refractivity contribution in [1.82, 2.24) is 9.88 Å². The van der Waals surface area contributed by atoms with Crippen molar-refractivity contribution in [3.8, 4) is 0 Å². The molecule has 1 aromatic carbocycles. The second-order valence-corrected chi connectivity index (χ2v) is 6.55. The number of H-pyrrole nitrogens is 1. The number of aromatic amines is 1. The minimum atomic E-state index is -1.07. The molecule has 1 atom stereocenters. The molecule has 0 unspecified atom stereocenters. The second-order valence-electron chi connectivity index (χ2n) is 6.55. The third-order valence-corrected chi connectivity index (χ3v) is 4.75. The molecule has 0 radical (unpaired) electrons. The van der Waals surface area contributed by atoms with Crippen LogP contribution in [0.15, 0.2) is 30.3 Å². The normalized spacial score (nSPS) is 11.6. The van der Waals surface area contributed by atoms with Crippen LogP contribution in [0.4, 0.5) is 0 Å². The van der Waals surface area contributed by atoms with Gasteiger partial charge in [-0.3, -0.25) is 4.79 Å². The topological polar surface area (TPSA) is 88.7 Å². The zero-order valence-corrected chi connectivity index (χ0v) is 17.6. The summed E-state index contributed by atoms with van der Waals surface area (Å²) in [4.78, 5) is 42.6. The lowest BCUT2D eigenvalue weighted by atomic mass is 10.1. The number of aryl methyl sites for hydroxylation is 1. The standard InChI is InChI=1S/C22H28N2O5/c1-6-24(7-2)20(25)19(16-12-10-9-11-13-16)29-21(26)17-14(4)18(23-15(17)5)22(27)28-8-3/h9-13,19,23H,6-8H2,1-5H3/t19-/m1/s1. The Morgan fingerprint density at radius 2 is 1.62 bits per heavy atom. The first-order chi connectivity index (χ1) is 13.8. The first-order valence-corrected chi connectivity index (χ1v) is 9.76. The fourth-order valence-corrected chi connectivity index (χ4v) is 3.22. The van der Waals surface area contributed by atoms with E-state index >= 15 is 0 Å². The molecule has 1 aromatic heterocycles. The SMILES string of the molecule is CCOC(=O)c1[nH]c(C)c(C(=O)O[C@@H](C(=O)N(CC)CC)c2ccccc2)c1C. The fraction of sp³-hybridized carbons (Fsp3) is 0.409. The molecule has 2 rings (SSSR count). The Labute approximate surface area is 171 Å². The smallest absolute Gasteiger partial charge is 0.355 e. The van der Waals surface area contributed by atoms with E-state index in [0.717, 1.165) is 0 Å². The van der Waals surface area contributed by atoms with Crippen molar-refractivity contribution in [2.45, 2.75) is 40.7 Å². The van der Waals surface area contributed by atoms with Crippen molar-refractivity contribution in [2.24, 2.45) is 0 Å². The van der Waals surface area contributed by atoms with Gasteiger partial charge in [0.15, 0.2) is 0 Å². The number of carbonyl (C=O) groups excluding carboxylic acids is 3. The van der Waals surface area contributed by atoms with Crippen molar-refractivity contribution in [1.29, 1.82) is 0 Å². The maximum Gasteiger partial charge on any atom is 0.355 e. The largest absolute Gasteiger partial charge is 0.461 e. The van der Waals surface area contributed by atoms with E-state index in [2.05, 4.69) is 4.98 Å². The van der Waals surface area contributed by atoms with Gasteiger partial charge in [-0.2, -0.15) is 0 Å². The Bertz CT molecular complexity index is 869. The average molecular weight is 400 g/mol. The molecular formula is C22H28N2O5. The number of amides is 1. The summed E-state index contributed by atoms with van der Waals surface area (Å²) in [6, 6.07) is 8.91. The molecule has 1 heterocycles. The van der Waals surface area contributed by atoms with Crippen LogP contribution >= 0.6 is 0 Å². The number of benzene rings is 1. The van der Waals surface area contributed by atoms with Crippen molar-refractivity contribution in [3.05, 3.63) is 58.4 Å². The lowest BCUT2D eigenvalue weighted by molar-refractivity contribution is -0.140. The first kappa shape index (κ1) is 22.2. The Hall–Kier alpha value is -3.09. The molecule has 0 aliphatic heterocycles. The molecular weight excluding hydrogens is 372 g/mol. The summed E-state index contributed by atoms with van der Waals surface area (Å²) in [6.07, 6.45) is -1.07. The molecule has 2 aromatic rings. The van der Waals surface area contributed by atoms with Crippen LogP contribution in [0.25, 0.3) is 0 Å². The van der Waals surface area contributed by atoms with Crippen molar-refractivity contribution in [3.63, 3.8) is 0 Å². The van der Waals surface area contributed by atoms with Crippen molar-refractivity contribution in [2.75, 3.05) is 19.7 Å². The Kier molecular flexibility index (Phi) is 7.59. The second kappa shape index (κ2) is 9.91. The van der Waals surface area contributed by atoms with E-state index < -0.39 is 18.0 Å². The fourth-order valence-electron chi connectivity index (χ4n) is 3.22. The summed E-state index contributed by atoms with van der Waals surface area (Å²) >= 11 is 0. The number of nitrogens with one attached hydrogen (secondary N) is 1. The van der Waals surface area contributed by atoms with Crippen LogP contribution in [0, 0.1) is 13.8 Å². The number of hydrogen-bond acceptors (Lipinski definition) is 5. The summed E-state index contributed by atoms with van der Waals surface area (Å²) in [7, 11) is 0. The van der Waals surface area contributed by atoms with Gasteiger partial charge in [0.05, 0.1) is 12.2 Å². The number of nitrogens with zero attached hydrogens (tertiary/aromatic N) is 1. The molecule has 0 saturated heterocycles. The monoisotopic (exact) mass is 400 g/mol. The molecule has 0 fully saturated rings. The van der Waals surface area contributed by atoms with Gasteiger partial charge in [-0.15, -0.1) is 0 Å². The summed E-state index contributed by atoms with van der Waals surface area (Å²) in [5.74, 6) is -1.49. The number of hydrogen-bond donors (Lipinski definition) is 1. The Balaban J connectivity index is 2.38. The van der Waals surface area contributed by atoms with Gasteiger partial charge in [0, 0.05) is 24.3 Å². The van der Waals surface area contributed by atoms with Crippen LogP contribution in [0.3, 0.4) is 0 Å². The predicted molar refractivity (Wildman–Crippen MR) is 109 cm³/mol. The lowest BCUT2D eigenvalue weighted by Crippen LogP contribution is -2.36. The predicted octanol–water partition coefficient (Wildman–Crippen LogP) is 3.57. The summed E-state index contributed by atoms with van der Waals surface area (Å²) in [6.45, 7) is 10.0. The van der Waals surface area contributed by atoms with Gasteiger partial charge in [0.25, 0.3) is 5.91 Å². The van der Waals surface area contributed by atoms with Gasteiger partial charge < -0.3 is 19.4 Å². The summed E-state index contributed by atoms with van der Waals surface area (Å²) in [5.41, 5.74) is 1.96. The van der Waals surface area contributed by atoms with E-state index in [0.29, 0.717) is 29.9 Å². The van der Waals surface area contributed by atoms with Gasteiger partial charge in [0.1, 0.15) is 5.69 Å². The van der Waals surface area contributed by atoms with Crippen LogP contribution in [-0.2, 0) is 14.3 Å². The highest BCUT2D eigenvalue weighted by molar-refractivity contribution is 5.99. The van der Waals surface area contributed by atoms with Gasteiger partial charge >= 0.3 is 11.9 Å². The quantitative estimate of drug-likeness (QED) is 0.684. The van der Waals surface area contributed by atoms with Gasteiger partial charge in [-0.05, 0) is 40.2 Å². The zero-order valence-electron chi connectivity index (χ0n) is 17.6. The number of esters is 2. The van der Waals surface area contributed by atoms with E-state index in [1.165, 1.54) is 0 Å². The highest BCUT2D eigenvalue weighted by Crippen LogP contribution is 2.25. The van der Waals surface area contributed by atoms with Crippen molar-refractivity contribution >= 4 is 17.8 Å². The molecule has 0 aliphatic rings. The number of likely N-dealkylation sites (N-methyl/N-ethyl adjacent to an activating group) is 1. The van der Waals surface area contributed by atoms with Gasteiger partial charge in [-0.25, -0.2) is 9.59 Å². The van der Waals surface area contributed by atoms with E-state index in [1.54, 1.807) is 49.9 Å². The number of carbonyl (C=O) groups is 3. The maximum absolute atomic E-state index is 13.0. The Morgan fingerprint density at radius 1 is 1.00 bits per heavy atom. The molecule has 7 nitrogen and oxygen atoms in total. The highest BCUT2D eigenvalue weighted by Gasteiger charge is 2.31. The van der Waals surface area contributed by atoms with Crippen LogP contribution in [0.2, 0.25) is 0 Å². The highest BCUT2D eigenvalue weighted by atomic mass is 16.5. The van der Waals surface area contributed by atoms with E-state index in [1.807, 2.05) is 19.9 Å². The number of rotatable bonds is 8. The lowest BCUT2D eigenvalue weighted by Gasteiger charge is -2.25.